The van der Waals surface area contributed by atoms with Crippen LogP contribution < -0.4 is 15.4 Å². The average molecular weight is 328 g/mol. The van der Waals surface area contributed by atoms with Crippen LogP contribution in [-0.4, -0.2) is 17.8 Å². The predicted molar refractivity (Wildman–Crippen MR) is 74.4 cm³/mol. The largest absolute Gasteiger partial charge is 0.573 e. The average Bonchev–Trinajstić information content (AvgIpc) is 3.14. The van der Waals surface area contributed by atoms with Gasteiger partial charge in [0.2, 0.25) is 0 Å². The molecular weight excluding hydrogens is 317 g/mol. The monoisotopic (exact) mass is 328 g/mol. The van der Waals surface area contributed by atoms with Gasteiger partial charge in [0, 0.05) is 22.6 Å². The number of ether oxygens (including phenoxy) is 1. The van der Waals surface area contributed by atoms with Gasteiger partial charge < -0.3 is 15.4 Å². The smallest absolute Gasteiger partial charge is 0.406 e. The molecule has 2 N–H and O–H groups in total. The van der Waals surface area contributed by atoms with Gasteiger partial charge in [0.25, 0.3) is 5.91 Å². The second-order valence-electron chi connectivity index (χ2n) is 5.65. The molecule has 2 aliphatic heterocycles. The van der Waals surface area contributed by atoms with Crippen LogP contribution in [0.2, 0.25) is 0 Å². The van der Waals surface area contributed by atoms with Gasteiger partial charge in [0.05, 0.1) is 10.6 Å². The highest BCUT2D eigenvalue weighted by atomic mass is 32.2. The number of hydrogen-bond donors (Lipinski definition) is 2. The summed E-state index contributed by atoms with van der Waals surface area (Å²) in [5, 5.41) is 6.16. The third-order valence-electron chi connectivity index (χ3n) is 3.91. The molecule has 0 atom stereocenters. The summed E-state index contributed by atoms with van der Waals surface area (Å²) in [5.74, 6) is -0.455. The van der Waals surface area contributed by atoms with Crippen molar-refractivity contribution in [1.29, 1.82) is 0 Å². The molecule has 0 aromatic heterocycles. The molecular formula is C14H11F3N2O2S. The Bertz CT molecular complexity index is 711. The predicted octanol–water partition coefficient (Wildman–Crippen LogP) is 3.37. The van der Waals surface area contributed by atoms with E-state index in [0.717, 1.165) is 25.0 Å². The number of anilines is 1. The van der Waals surface area contributed by atoms with Crippen LogP contribution in [0.5, 0.6) is 5.75 Å². The number of amides is 1. The Morgan fingerprint density at radius 2 is 2.05 bits per heavy atom. The fourth-order valence-corrected chi connectivity index (χ4v) is 3.73. The SMILES string of the molecule is O=C1NC2(CC2)CC2=C1Sc1cc(OC(F)(F)F)ccc1N2. The maximum atomic E-state index is 12.3. The van der Waals surface area contributed by atoms with Crippen LogP contribution in [0.3, 0.4) is 0 Å². The number of thioether (sulfide) groups is 1. The van der Waals surface area contributed by atoms with Gasteiger partial charge >= 0.3 is 6.36 Å². The van der Waals surface area contributed by atoms with E-state index in [2.05, 4.69) is 15.4 Å². The van der Waals surface area contributed by atoms with Crippen molar-refractivity contribution >= 4 is 23.4 Å². The van der Waals surface area contributed by atoms with Gasteiger partial charge in [-0.1, -0.05) is 11.8 Å². The quantitative estimate of drug-likeness (QED) is 0.830. The Labute approximate surface area is 128 Å². The molecule has 1 fully saturated rings. The lowest BCUT2D eigenvalue weighted by Gasteiger charge is -2.32. The lowest BCUT2D eigenvalue weighted by atomic mass is 10.0. The maximum Gasteiger partial charge on any atom is 0.573 e. The van der Waals surface area contributed by atoms with Gasteiger partial charge in [-0.2, -0.15) is 0 Å². The van der Waals surface area contributed by atoms with Crippen molar-refractivity contribution in [2.45, 2.75) is 36.1 Å². The molecule has 1 saturated carbocycles. The molecule has 4 rings (SSSR count). The molecule has 116 valence electrons. The lowest BCUT2D eigenvalue weighted by molar-refractivity contribution is -0.274. The molecule has 1 aromatic rings. The number of rotatable bonds is 1. The molecule has 1 aromatic carbocycles. The Balaban J connectivity index is 1.63. The number of halogens is 3. The molecule has 0 radical (unpaired) electrons. The number of hydrogen-bond acceptors (Lipinski definition) is 4. The van der Waals surface area contributed by atoms with Crippen molar-refractivity contribution in [3.05, 3.63) is 28.8 Å². The zero-order valence-corrected chi connectivity index (χ0v) is 12.0. The summed E-state index contributed by atoms with van der Waals surface area (Å²) in [6, 6.07) is 4.10. The van der Waals surface area contributed by atoms with Crippen molar-refractivity contribution < 1.29 is 22.7 Å². The molecule has 0 unspecified atom stereocenters. The van der Waals surface area contributed by atoms with Crippen LogP contribution in [0.1, 0.15) is 19.3 Å². The fraction of sp³-hybridized carbons (Fsp3) is 0.357. The standard InChI is InChI=1S/C14H11F3N2O2S/c15-14(16,17)21-7-1-2-8-10(5-7)22-11-9(18-8)6-13(3-4-13)19-12(11)20/h1-2,5,18H,3-4,6H2,(H,19,20). The van der Waals surface area contributed by atoms with Crippen LogP contribution in [0.25, 0.3) is 0 Å². The van der Waals surface area contributed by atoms with Crippen molar-refractivity contribution in [2.75, 3.05) is 5.32 Å². The minimum Gasteiger partial charge on any atom is -0.406 e. The molecule has 0 bridgehead atoms. The van der Waals surface area contributed by atoms with E-state index in [-0.39, 0.29) is 17.2 Å². The van der Waals surface area contributed by atoms with Crippen LogP contribution in [0.4, 0.5) is 18.9 Å². The second-order valence-corrected chi connectivity index (χ2v) is 6.70. The first-order valence-electron chi connectivity index (χ1n) is 6.74. The summed E-state index contributed by atoms with van der Waals surface area (Å²) in [6.45, 7) is 0. The minimum atomic E-state index is -4.73. The first-order chi connectivity index (χ1) is 10.3. The molecule has 2 heterocycles. The molecule has 0 saturated heterocycles. The van der Waals surface area contributed by atoms with Crippen LogP contribution in [-0.2, 0) is 4.79 Å². The van der Waals surface area contributed by atoms with Crippen LogP contribution in [0.15, 0.2) is 33.7 Å². The Morgan fingerprint density at radius 3 is 2.73 bits per heavy atom. The van der Waals surface area contributed by atoms with E-state index in [1.165, 1.54) is 23.9 Å². The van der Waals surface area contributed by atoms with E-state index in [0.29, 0.717) is 15.5 Å². The van der Waals surface area contributed by atoms with Crippen LogP contribution in [0, 0.1) is 0 Å². The van der Waals surface area contributed by atoms with Gasteiger partial charge in [-0.15, -0.1) is 13.2 Å². The van der Waals surface area contributed by atoms with Gasteiger partial charge in [0.1, 0.15) is 5.75 Å². The summed E-state index contributed by atoms with van der Waals surface area (Å²) >= 11 is 1.18. The molecule has 1 amide bonds. The molecule has 1 aliphatic carbocycles. The Kier molecular flexibility index (Phi) is 2.73. The third kappa shape index (κ3) is 2.41. The first kappa shape index (κ1) is 13.8. The number of benzene rings is 1. The third-order valence-corrected chi connectivity index (χ3v) is 5.11. The first-order valence-corrected chi connectivity index (χ1v) is 7.56. The Morgan fingerprint density at radius 1 is 1.27 bits per heavy atom. The highest BCUT2D eigenvalue weighted by Gasteiger charge is 2.49. The van der Waals surface area contributed by atoms with E-state index in [1.807, 2.05) is 0 Å². The molecule has 22 heavy (non-hydrogen) atoms. The summed E-state index contributed by atoms with van der Waals surface area (Å²) in [6.07, 6.45) is -2.06. The van der Waals surface area contributed by atoms with Crippen molar-refractivity contribution in [3.8, 4) is 5.75 Å². The summed E-state index contributed by atoms with van der Waals surface area (Å²) in [5.41, 5.74) is 1.44. The normalized spacial score (nSPS) is 21.7. The highest BCUT2D eigenvalue weighted by molar-refractivity contribution is 8.04. The van der Waals surface area contributed by atoms with Gasteiger partial charge in [0.15, 0.2) is 0 Å². The number of fused-ring (bicyclic) bond motifs is 1. The van der Waals surface area contributed by atoms with Gasteiger partial charge in [-0.05, 0) is 31.0 Å². The maximum absolute atomic E-state index is 12.3. The van der Waals surface area contributed by atoms with Crippen molar-refractivity contribution in [1.82, 2.24) is 5.32 Å². The lowest BCUT2D eigenvalue weighted by Crippen LogP contribution is -2.43. The number of carbonyl (C=O) groups is 1. The van der Waals surface area contributed by atoms with Crippen molar-refractivity contribution in [3.63, 3.8) is 0 Å². The van der Waals surface area contributed by atoms with Gasteiger partial charge in [-0.3, -0.25) is 4.79 Å². The highest BCUT2D eigenvalue weighted by Crippen LogP contribution is 2.50. The molecule has 1 spiro atoms. The van der Waals surface area contributed by atoms with Gasteiger partial charge in [-0.25, -0.2) is 0 Å². The Hall–Kier alpha value is -1.83. The second kappa shape index (κ2) is 4.34. The molecule has 8 heteroatoms. The zero-order chi connectivity index (χ0) is 15.5. The van der Waals surface area contributed by atoms with E-state index in [1.54, 1.807) is 6.07 Å². The minimum absolute atomic E-state index is 0.111. The van der Waals surface area contributed by atoms with Crippen LogP contribution >= 0.6 is 11.8 Å². The summed E-state index contributed by atoms with van der Waals surface area (Å²) in [4.78, 5) is 13.2. The van der Waals surface area contributed by atoms with Crippen molar-refractivity contribution in [2.24, 2.45) is 0 Å². The fourth-order valence-electron chi connectivity index (χ4n) is 2.72. The van der Waals surface area contributed by atoms with E-state index in [4.69, 9.17) is 0 Å². The molecule has 4 nitrogen and oxygen atoms in total. The van der Waals surface area contributed by atoms with E-state index >= 15 is 0 Å². The van der Waals surface area contributed by atoms with E-state index in [9.17, 15) is 18.0 Å². The molecule has 3 aliphatic rings. The topological polar surface area (TPSA) is 50.4 Å². The zero-order valence-electron chi connectivity index (χ0n) is 11.2. The summed E-state index contributed by atoms with van der Waals surface area (Å²) in [7, 11) is 0. The van der Waals surface area contributed by atoms with E-state index < -0.39 is 6.36 Å². The number of nitrogens with one attached hydrogen (secondary N) is 2. The number of alkyl halides is 3. The summed E-state index contributed by atoms with van der Waals surface area (Å²) < 4.78 is 40.8. The number of carbonyl (C=O) groups excluding carboxylic acids is 1.